The third-order valence-electron chi connectivity index (χ3n) is 9.40. The number of benzene rings is 5. The molecule has 18 heteroatoms. The summed E-state index contributed by atoms with van der Waals surface area (Å²) in [6.07, 6.45) is -7.05. The molecule has 5 aromatic rings. The van der Waals surface area contributed by atoms with Gasteiger partial charge in [-0.3, -0.25) is 0 Å². The first-order chi connectivity index (χ1) is 25.9. The average Bonchev–Trinajstić information content (AvgIpc) is 3.11. The van der Waals surface area contributed by atoms with Crippen molar-refractivity contribution in [2.75, 3.05) is 0 Å². The van der Waals surface area contributed by atoms with Crippen LogP contribution in [0.4, 0.5) is 0 Å². The van der Waals surface area contributed by atoms with E-state index in [-0.39, 0.29) is 39.3 Å². The number of hydrogen-bond donors (Lipinski definition) is 14. The number of carbonyl (C=O) groups is 1. The van der Waals surface area contributed by atoms with E-state index in [0.717, 1.165) is 54.6 Å². The second kappa shape index (κ2) is 12.9. The van der Waals surface area contributed by atoms with E-state index in [1.165, 1.54) is 0 Å². The van der Waals surface area contributed by atoms with Gasteiger partial charge < -0.3 is 85.7 Å². The Morgan fingerprint density at radius 3 is 1.58 bits per heavy atom. The lowest BCUT2D eigenvalue weighted by molar-refractivity contribution is -0.0211. The monoisotopic (exact) mass is 762 g/mol. The average molecular weight is 763 g/mol. The van der Waals surface area contributed by atoms with Gasteiger partial charge in [-0.05, 0) is 36.4 Å². The van der Waals surface area contributed by atoms with Crippen LogP contribution in [0, 0.1) is 0 Å². The van der Waals surface area contributed by atoms with Gasteiger partial charge in [0.05, 0.1) is 11.5 Å². The second-order valence-corrected chi connectivity index (χ2v) is 12.9. The molecule has 55 heavy (non-hydrogen) atoms. The molecule has 0 saturated carbocycles. The van der Waals surface area contributed by atoms with Crippen molar-refractivity contribution in [3.63, 3.8) is 0 Å². The Kier molecular flexibility index (Phi) is 8.41. The van der Waals surface area contributed by atoms with Crippen LogP contribution in [0.25, 0.3) is 0 Å². The molecule has 2 aliphatic rings. The number of ether oxygens (including phenoxy) is 3. The molecule has 0 spiro atoms. The van der Waals surface area contributed by atoms with Gasteiger partial charge in [0.2, 0.25) is 0 Å². The fourth-order valence-electron chi connectivity index (χ4n) is 6.87. The Balaban J connectivity index is 1.41. The van der Waals surface area contributed by atoms with Crippen LogP contribution in [-0.2, 0) is 11.2 Å². The maximum Gasteiger partial charge on any atom is 0.338 e. The van der Waals surface area contributed by atoms with Crippen molar-refractivity contribution in [2.24, 2.45) is 0 Å². The van der Waals surface area contributed by atoms with Crippen LogP contribution in [0.1, 0.15) is 56.3 Å². The number of aromatic hydroxyl groups is 13. The highest BCUT2D eigenvalue weighted by molar-refractivity contribution is 5.91. The van der Waals surface area contributed by atoms with Gasteiger partial charge in [-0.1, -0.05) is 0 Å². The summed E-state index contributed by atoms with van der Waals surface area (Å²) in [5.41, 5.74) is -1.47. The molecule has 2 heterocycles. The van der Waals surface area contributed by atoms with E-state index in [4.69, 9.17) is 14.2 Å². The van der Waals surface area contributed by atoms with Crippen molar-refractivity contribution in [1.29, 1.82) is 0 Å². The molecule has 2 aliphatic heterocycles. The summed E-state index contributed by atoms with van der Waals surface area (Å²) in [5, 5.41) is 147. The van der Waals surface area contributed by atoms with Crippen molar-refractivity contribution in [2.45, 2.75) is 36.8 Å². The Hall–Kier alpha value is -7.47. The first-order valence-corrected chi connectivity index (χ1v) is 16.1. The van der Waals surface area contributed by atoms with Crippen molar-refractivity contribution < 1.29 is 90.5 Å². The van der Waals surface area contributed by atoms with E-state index in [1.807, 2.05) is 0 Å². The number of carbonyl (C=O) groups excluding carboxylic acids is 1. The summed E-state index contributed by atoms with van der Waals surface area (Å²) in [4.78, 5) is 13.4. The molecule has 18 nitrogen and oxygen atoms in total. The predicted molar refractivity (Wildman–Crippen MR) is 181 cm³/mol. The smallest absolute Gasteiger partial charge is 0.338 e. The minimum absolute atomic E-state index is 0.127. The van der Waals surface area contributed by atoms with E-state index in [9.17, 15) is 76.3 Å². The van der Waals surface area contributed by atoms with E-state index < -0.39 is 123 Å². The molecule has 286 valence electrons. The predicted octanol–water partition coefficient (Wildman–Crippen LogP) is 3.39. The maximum absolute atomic E-state index is 13.4. The van der Waals surface area contributed by atoms with Gasteiger partial charge in [0.25, 0.3) is 0 Å². The lowest BCUT2D eigenvalue weighted by atomic mass is 9.77. The number of fused-ring (bicyclic) bond motifs is 2. The van der Waals surface area contributed by atoms with Crippen LogP contribution in [0.5, 0.6) is 86.2 Å². The number of aliphatic hydroxyl groups is 1. The zero-order valence-corrected chi connectivity index (χ0v) is 27.7. The molecule has 0 fully saturated rings. The molecule has 5 atom stereocenters. The topological polar surface area (TPSA) is 328 Å². The highest BCUT2D eigenvalue weighted by atomic mass is 16.6. The molecule has 0 bridgehead atoms. The highest BCUT2D eigenvalue weighted by Gasteiger charge is 2.47. The van der Waals surface area contributed by atoms with Crippen molar-refractivity contribution in [3.8, 4) is 86.2 Å². The van der Waals surface area contributed by atoms with Crippen molar-refractivity contribution >= 4 is 5.97 Å². The molecule has 14 N–H and O–H groups in total. The number of esters is 1. The molecule has 0 unspecified atom stereocenters. The molecular weight excluding hydrogens is 732 g/mol. The first-order valence-electron chi connectivity index (χ1n) is 16.1. The van der Waals surface area contributed by atoms with Gasteiger partial charge in [0.1, 0.15) is 46.7 Å². The van der Waals surface area contributed by atoms with Gasteiger partial charge in [-0.25, -0.2) is 4.79 Å². The van der Waals surface area contributed by atoms with Crippen molar-refractivity contribution in [3.05, 3.63) is 88.0 Å². The van der Waals surface area contributed by atoms with E-state index >= 15 is 0 Å². The quantitative estimate of drug-likeness (QED) is 0.0901. The van der Waals surface area contributed by atoms with Crippen molar-refractivity contribution in [1.82, 2.24) is 0 Å². The maximum atomic E-state index is 13.4. The fourth-order valence-corrected chi connectivity index (χ4v) is 6.87. The van der Waals surface area contributed by atoms with Crippen LogP contribution in [0.2, 0.25) is 0 Å². The van der Waals surface area contributed by atoms with Gasteiger partial charge in [-0.15, -0.1) is 0 Å². The second-order valence-electron chi connectivity index (χ2n) is 12.9. The number of hydrogen-bond acceptors (Lipinski definition) is 18. The minimum atomic E-state index is -1.87. The molecule has 5 aromatic carbocycles. The third kappa shape index (κ3) is 5.95. The van der Waals surface area contributed by atoms with E-state index in [0.29, 0.717) is 0 Å². The summed E-state index contributed by atoms with van der Waals surface area (Å²) in [6, 6.07) is 8.21. The minimum Gasteiger partial charge on any atom is -0.508 e. The lowest BCUT2D eigenvalue weighted by Crippen LogP contribution is -2.38. The van der Waals surface area contributed by atoms with Gasteiger partial charge in [-0.2, -0.15) is 0 Å². The van der Waals surface area contributed by atoms with Gasteiger partial charge in [0.15, 0.2) is 64.0 Å². The molecule has 0 amide bonds. The zero-order valence-electron chi connectivity index (χ0n) is 27.7. The first kappa shape index (κ1) is 35.9. The summed E-state index contributed by atoms with van der Waals surface area (Å²) in [5.74, 6) is -13.7. The molecule has 7 rings (SSSR count). The summed E-state index contributed by atoms with van der Waals surface area (Å²) >= 11 is 0. The number of aliphatic hydroxyl groups excluding tert-OH is 1. The number of rotatable bonds is 5. The molecule has 0 saturated heterocycles. The summed E-state index contributed by atoms with van der Waals surface area (Å²) in [6.45, 7) is 0. The normalized spacial score (nSPS) is 20.1. The highest BCUT2D eigenvalue weighted by Crippen LogP contribution is 2.58. The summed E-state index contributed by atoms with van der Waals surface area (Å²) in [7, 11) is 0. The van der Waals surface area contributed by atoms with E-state index in [1.54, 1.807) is 0 Å². The SMILES string of the molecule is O=C(O[C@@H]1Cc2c(O)cc(O)c([C@@H]3c4c(O)cc(O)cc4O[C@@H](c4cc(O)c(O)c(O)c4)[C@@H]3O)c2O[C@@H]1c1cc(O)c(O)c(O)c1)c1cc(O)c(O)c(O)c1. The van der Waals surface area contributed by atoms with Gasteiger partial charge in [0, 0.05) is 52.4 Å². The Morgan fingerprint density at radius 1 is 0.545 bits per heavy atom. The fraction of sp³-hybridized carbons (Fsp3) is 0.162. The molecule has 0 aliphatic carbocycles. The molecule has 0 aromatic heterocycles. The van der Waals surface area contributed by atoms with Crippen LogP contribution in [0.3, 0.4) is 0 Å². The van der Waals surface area contributed by atoms with Crippen LogP contribution in [0.15, 0.2) is 54.6 Å². The van der Waals surface area contributed by atoms with E-state index in [2.05, 4.69) is 0 Å². The summed E-state index contributed by atoms with van der Waals surface area (Å²) < 4.78 is 17.9. The third-order valence-corrected chi connectivity index (χ3v) is 9.40. The Bertz CT molecular complexity index is 2340. The number of phenols is 13. The lowest BCUT2D eigenvalue weighted by Gasteiger charge is -2.40. The molecule has 0 radical (unpaired) electrons. The standard InChI is InChI=1S/C37H30O18/c38-14-7-17(40)27-25(8-14)53-35(12-3-21(44)31(49)22(45)4-12)33(51)29(27)28-18(41)10-16(39)15-9-26(54-37(52)13-5-23(46)32(50)24(47)6-13)34(55-36(15)28)11-1-19(42)30(48)20(43)2-11/h1-8,10,26,29,33-35,38-51H,9H2/t26-,29+,33-,34-,35+/m1/s1. The largest absolute Gasteiger partial charge is 0.508 e. The molecular formula is C37H30O18. The number of phenolic OH excluding ortho intramolecular Hbond substituents is 13. The van der Waals surface area contributed by atoms with Crippen LogP contribution < -0.4 is 9.47 Å². The Morgan fingerprint density at radius 2 is 1.04 bits per heavy atom. The van der Waals surface area contributed by atoms with Gasteiger partial charge >= 0.3 is 5.97 Å². The zero-order chi connectivity index (χ0) is 39.8. The van der Waals surface area contributed by atoms with Crippen LogP contribution in [-0.4, -0.2) is 89.7 Å². The van der Waals surface area contributed by atoms with Crippen LogP contribution >= 0.6 is 0 Å². The Labute approximate surface area is 307 Å².